The van der Waals surface area contributed by atoms with Crippen molar-refractivity contribution in [3.63, 3.8) is 0 Å². The number of hydrogen-bond donors (Lipinski definition) is 0. The van der Waals surface area contributed by atoms with E-state index in [1.807, 2.05) is 77.9 Å². The fourth-order valence-corrected chi connectivity index (χ4v) is 3.66. The van der Waals surface area contributed by atoms with Crippen molar-refractivity contribution >= 4 is 5.97 Å². The van der Waals surface area contributed by atoms with Gasteiger partial charge in [0.05, 0.1) is 17.2 Å². The van der Waals surface area contributed by atoms with Crippen LogP contribution in [0.5, 0.6) is 11.5 Å². The summed E-state index contributed by atoms with van der Waals surface area (Å²) in [6.45, 7) is 11.8. The Hall–Kier alpha value is -3.58. The zero-order valence-corrected chi connectivity index (χ0v) is 18.9. The molecule has 0 saturated heterocycles. The maximum Gasteiger partial charge on any atom is 0.343 e. The summed E-state index contributed by atoms with van der Waals surface area (Å²) in [4.78, 5) is 13.0. The molecule has 4 nitrogen and oxygen atoms in total. The van der Waals surface area contributed by atoms with Crippen LogP contribution in [0.1, 0.15) is 54.9 Å². The molecular weight excluding hydrogens is 386 g/mol. The largest absolute Gasteiger partial charge is 0.489 e. The Morgan fingerprint density at radius 2 is 1.42 bits per heavy atom. The number of nitriles is 1. The number of nitrogens with zero attached hydrogens (tertiary/aromatic N) is 1. The van der Waals surface area contributed by atoms with E-state index < -0.39 is 5.97 Å². The van der Waals surface area contributed by atoms with Gasteiger partial charge in [0.25, 0.3) is 0 Å². The van der Waals surface area contributed by atoms with Crippen LogP contribution in [0.4, 0.5) is 0 Å². The first-order chi connectivity index (χ1) is 14.8. The second kappa shape index (κ2) is 9.06. The van der Waals surface area contributed by atoms with Crippen LogP contribution in [-0.2, 0) is 6.61 Å². The Labute approximate surface area is 184 Å². The van der Waals surface area contributed by atoms with Gasteiger partial charge < -0.3 is 9.47 Å². The van der Waals surface area contributed by atoms with Crippen molar-refractivity contribution in [3.05, 3.63) is 92.5 Å². The first-order valence-electron chi connectivity index (χ1n) is 10.3. The topological polar surface area (TPSA) is 59.3 Å². The molecule has 0 unspecified atom stereocenters. The van der Waals surface area contributed by atoms with Gasteiger partial charge in [0.15, 0.2) is 0 Å². The monoisotopic (exact) mass is 413 g/mol. The number of hydrogen-bond acceptors (Lipinski definition) is 4. The van der Waals surface area contributed by atoms with Crippen molar-refractivity contribution < 1.29 is 14.3 Å². The summed E-state index contributed by atoms with van der Waals surface area (Å²) < 4.78 is 11.8. The van der Waals surface area contributed by atoms with Gasteiger partial charge in [-0.2, -0.15) is 5.26 Å². The molecule has 158 valence electrons. The Balaban J connectivity index is 1.87. The van der Waals surface area contributed by atoms with Crippen LogP contribution < -0.4 is 9.47 Å². The number of rotatable bonds is 5. The molecule has 0 atom stereocenters. The predicted molar refractivity (Wildman–Crippen MR) is 122 cm³/mol. The lowest BCUT2D eigenvalue weighted by Gasteiger charge is -2.18. The maximum atomic E-state index is 13.0. The van der Waals surface area contributed by atoms with Crippen molar-refractivity contribution in [2.75, 3.05) is 0 Å². The van der Waals surface area contributed by atoms with Crippen molar-refractivity contribution in [3.8, 4) is 17.6 Å². The highest BCUT2D eigenvalue weighted by Gasteiger charge is 2.21. The molecular formula is C27H27NO3. The minimum atomic E-state index is -0.412. The number of benzene rings is 3. The van der Waals surface area contributed by atoms with E-state index in [1.54, 1.807) is 6.07 Å². The second-order valence-electron chi connectivity index (χ2n) is 7.84. The third kappa shape index (κ3) is 4.32. The highest BCUT2D eigenvalue weighted by Crippen LogP contribution is 2.33. The maximum absolute atomic E-state index is 13.0. The standard InChI is InChI=1S/C27H27NO3/c1-16-19(4)25(30-15-22-10-8-7-9-11-22)13-12-23(16)27(29)31-26-20(5)17(2)24(14-28)18(3)21(26)6/h7-13H,15H2,1-6H3. The third-order valence-corrected chi connectivity index (χ3v) is 6.06. The summed E-state index contributed by atoms with van der Waals surface area (Å²) in [5.74, 6) is 0.862. The lowest BCUT2D eigenvalue weighted by atomic mass is 9.93. The average Bonchev–Trinajstić information content (AvgIpc) is 2.77. The average molecular weight is 414 g/mol. The lowest BCUT2D eigenvalue weighted by Crippen LogP contribution is -2.14. The van der Waals surface area contributed by atoms with Crippen LogP contribution in [0.25, 0.3) is 0 Å². The Morgan fingerprint density at radius 3 is 2.00 bits per heavy atom. The zero-order valence-electron chi connectivity index (χ0n) is 18.9. The molecule has 0 saturated carbocycles. The lowest BCUT2D eigenvalue weighted by molar-refractivity contribution is 0.0731. The number of carbonyl (C=O) groups is 1. The van der Waals surface area contributed by atoms with E-state index in [-0.39, 0.29) is 0 Å². The van der Waals surface area contributed by atoms with Gasteiger partial charge in [0, 0.05) is 0 Å². The van der Waals surface area contributed by atoms with Crippen molar-refractivity contribution in [1.29, 1.82) is 5.26 Å². The second-order valence-corrected chi connectivity index (χ2v) is 7.84. The number of esters is 1. The van der Waals surface area contributed by atoms with Gasteiger partial charge in [0.2, 0.25) is 0 Å². The van der Waals surface area contributed by atoms with E-state index in [0.717, 1.165) is 44.7 Å². The van der Waals surface area contributed by atoms with Crippen molar-refractivity contribution in [2.24, 2.45) is 0 Å². The minimum Gasteiger partial charge on any atom is -0.489 e. The van der Waals surface area contributed by atoms with E-state index in [1.165, 1.54) is 0 Å². The molecule has 0 aliphatic heterocycles. The molecule has 0 aliphatic rings. The Bertz CT molecular complexity index is 1160. The van der Waals surface area contributed by atoms with Gasteiger partial charge in [-0.1, -0.05) is 30.3 Å². The quantitative estimate of drug-likeness (QED) is 0.369. The molecule has 4 heteroatoms. The van der Waals surface area contributed by atoms with Crippen LogP contribution in [0.2, 0.25) is 0 Å². The highest BCUT2D eigenvalue weighted by molar-refractivity contribution is 5.93. The fourth-order valence-electron chi connectivity index (χ4n) is 3.66. The summed E-state index contributed by atoms with van der Waals surface area (Å²) >= 11 is 0. The molecule has 31 heavy (non-hydrogen) atoms. The molecule has 0 amide bonds. The smallest absolute Gasteiger partial charge is 0.343 e. The van der Waals surface area contributed by atoms with Gasteiger partial charge in [-0.25, -0.2) is 4.79 Å². The van der Waals surface area contributed by atoms with Gasteiger partial charge in [0.1, 0.15) is 18.1 Å². The number of carbonyl (C=O) groups excluding carboxylic acids is 1. The minimum absolute atomic E-state index is 0.412. The van der Waals surface area contributed by atoms with Crippen LogP contribution in [0.15, 0.2) is 42.5 Å². The van der Waals surface area contributed by atoms with Crippen LogP contribution >= 0.6 is 0 Å². The summed E-state index contributed by atoms with van der Waals surface area (Å²) in [7, 11) is 0. The van der Waals surface area contributed by atoms with Gasteiger partial charge in [-0.15, -0.1) is 0 Å². The van der Waals surface area contributed by atoms with Crippen LogP contribution in [-0.4, -0.2) is 5.97 Å². The normalized spacial score (nSPS) is 10.5. The molecule has 0 spiro atoms. The first kappa shape index (κ1) is 22.1. The van der Waals surface area contributed by atoms with Crippen LogP contribution in [0, 0.1) is 52.9 Å². The zero-order chi connectivity index (χ0) is 22.7. The van der Waals surface area contributed by atoms with Gasteiger partial charge >= 0.3 is 5.97 Å². The van der Waals surface area contributed by atoms with Gasteiger partial charge in [-0.3, -0.25) is 0 Å². The summed E-state index contributed by atoms with van der Waals surface area (Å²) in [5, 5.41) is 9.44. The molecule has 3 aromatic rings. The summed E-state index contributed by atoms with van der Waals surface area (Å²) in [5.41, 5.74) is 7.26. The Morgan fingerprint density at radius 1 is 0.806 bits per heavy atom. The molecule has 3 aromatic carbocycles. The molecule has 0 radical (unpaired) electrons. The molecule has 0 fully saturated rings. The van der Waals surface area contributed by atoms with E-state index in [0.29, 0.717) is 23.5 Å². The molecule has 3 rings (SSSR count). The summed E-state index contributed by atoms with van der Waals surface area (Å²) in [6.07, 6.45) is 0. The van der Waals surface area contributed by atoms with E-state index in [9.17, 15) is 10.1 Å². The van der Waals surface area contributed by atoms with Crippen LogP contribution in [0.3, 0.4) is 0 Å². The van der Waals surface area contributed by atoms with E-state index in [2.05, 4.69) is 6.07 Å². The predicted octanol–water partition coefficient (Wildman–Crippen LogP) is 6.21. The van der Waals surface area contributed by atoms with E-state index >= 15 is 0 Å². The molecule has 0 bridgehead atoms. The Kier molecular flexibility index (Phi) is 6.46. The van der Waals surface area contributed by atoms with Crippen molar-refractivity contribution in [2.45, 2.75) is 48.1 Å². The highest BCUT2D eigenvalue weighted by atomic mass is 16.5. The van der Waals surface area contributed by atoms with Gasteiger partial charge in [-0.05, 0) is 92.6 Å². The SMILES string of the molecule is Cc1c(OCc2ccccc2)ccc(C(=O)Oc2c(C)c(C)c(C#N)c(C)c2C)c1C. The molecule has 0 N–H and O–H groups in total. The number of ether oxygens (including phenoxy) is 2. The van der Waals surface area contributed by atoms with E-state index in [4.69, 9.17) is 9.47 Å². The molecule has 0 aromatic heterocycles. The van der Waals surface area contributed by atoms with Crippen molar-refractivity contribution in [1.82, 2.24) is 0 Å². The summed E-state index contributed by atoms with van der Waals surface area (Å²) in [6, 6.07) is 15.8. The first-order valence-corrected chi connectivity index (χ1v) is 10.3. The molecule has 0 aliphatic carbocycles. The fraction of sp³-hybridized carbons (Fsp3) is 0.259. The molecule has 0 heterocycles. The third-order valence-electron chi connectivity index (χ3n) is 6.06.